The molecule has 13 rings (SSSR count). The van der Waals surface area contributed by atoms with Crippen LogP contribution in [0.1, 0.15) is 0 Å². The maximum atomic E-state index is 5.34. The van der Waals surface area contributed by atoms with Crippen LogP contribution in [0.25, 0.3) is 126 Å². The molecule has 0 spiro atoms. The summed E-state index contributed by atoms with van der Waals surface area (Å²) >= 11 is 1.84. The van der Waals surface area contributed by atoms with Crippen LogP contribution in [0.3, 0.4) is 0 Å². The minimum absolute atomic E-state index is 0.603. The second-order valence-electron chi connectivity index (χ2n) is 16.8. The Labute approximate surface area is 385 Å². The van der Waals surface area contributed by atoms with Gasteiger partial charge in [0.05, 0.1) is 16.7 Å². The Bertz CT molecular complexity index is 3940. The van der Waals surface area contributed by atoms with Gasteiger partial charge in [-0.15, -0.1) is 11.3 Å². The lowest BCUT2D eigenvalue weighted by molar-refractivity contribution is 1.07. The molecule has 0 unspecified atom stereocenters. The number of nitrogens with zero attached hydrogens (tertiary/aromatic N) is 4. The molecule has 0 radical (unpaired) electrons. The molecule has 0 aliphatic carbocycles. The largest absolute Gasteiger partial charge is 0.309 e. The monoisotopic (exact) mass is 858 g/mol. The number of fused-ring (bicyclic) bond motifs is 7. The fourth-order valence-corrected chi connectivity index (χ4v) is 10.8. The Morgan fingerprint density at radius 2 is 0.788 bits per heavy atom. The van der Waals surface area contributed by atoms with Gasteiger partial charge in [0.15, 0.2) is 17.5 Å². The molecule has 0 bridgehead atoms. The fraction of sp³-hybridized carbons (Fsp3) is 0. The smallest absolute Gasteiger partial charge is 0.164 e. The molecule has 3 aromatic heterocycles. The summed E-state index contributed by atoms with van der Waals surface area (Å²) in [6, 6.07) is 82.3. The Morgan fingerprint density at radius 3 is 1.56 bits per heavy atom. The molecule has 0 aliphatic rings. The molecular weight excluding hydrogens is 821 g/mol. The van der Waals surface area contributed by atoms with E-state index in [4.69, 9.17) is 15.0 Å². The van der Waals surface area contributed by atoms with E-state index in [9.17, 15) is 0 Å². The molecule has 0 N–H and O–H groups in total. The van der Waals surface area contributed by atoms with Crippen molar-refractivity contribution in [1.29, 1.82) is 0 Å². The van der Waals surface area contributed by atoms with E-state index in [0.29, 0.717) is 17.5 Å². The van der Waals surface area contributed by atoms with Crippen LogP contribution < -0.4 is 0 Å². The normalized spacial score (nSPS) is 11.6. The lowest BCUT2D eigenvalue weighted by atomic mass is 9.97. The zero-order valence-corrected chi connectivity index (χ0v) is 36.5. The average molecular weight is 859 g/mol. The molecule has 308 valence electrons. The summed E-state index contributed by atoms with van der Waals surface area (Å²) < 4.78 is 4.97. The quantitative estimate of drug-likeness (QED) is 0.160. The van der Waals surface area contributed by atoms with Crippen LogP contribution in [-0.2, 0) is 0 Å². The van der Waals surface area contributed by atoms with E-state index in [2.05, 4.69) is 235 Å². The van der Waals surface area contributed by atoms with Crippen LogP contribution in [0.2, 0.25) is 0 Å². The first-order chi connectivity index (χ1) is 32.7. The zero-order valence-electron chi connectivity index (χ0n) is 35.6. The van der Waals surface area contributed by atoms with Crippen LogP contribution in [0, 0.1) is 0 Å². The van der Waals surface area contributed by atoms with Gasteiger partial charge in [-0.25, -0.2) is 15.0 Å². The lowest BCUT2D eigenvalue weighted by Crippen LogP contribution is -2.02. The maximum Gasteiger partial charge on any atom is 0.164 e. The summed E-state index contributed by atoms with van der Waals surface area (Å²) in [5, 5.41) is 7.42. The third kappa shape index (κ3) is 6.48. The topological polar surface area (TPSA) is 43.6 Å². The first-order valence-electron chi connectivity index (χ1n) is 22.3. The summed E-state index contributed by atoms with van der Waals surface area (Å²) in [5.74, 6) is 1.83. The van der Waals surface area contributed by atoms with Gasteiger partial charge in [-0.2, -0.15) is 0 Å². The van der Waals surface area contributed by atoms with Crippen LogP contribution in [-0.4, -0.2) is 19.5 Å². The van der Waals surface area contributed by atoms with Crippen LogP contribution in [0.4, 0.5) is 0 Å². The van der Waals surface area contributed by atoms with Gasteiger partial charge in [0.1, 0.15) is 0 Å². The fourth-order valence-electron chi connectivity index (χ4n) is 9.68. The van der Waals surface area contributed by atoms with Gasteiger partial charge in [-0.05, 0) is 81.1 Å². The highest BCUT2D eigenvalue weighted by atomic mass is 32.1. The molecule has 66 heavy (non-hydrogen) atoms. The molecular formula is C61H38N4S. The minimum atomic E-state index is 0.603. The van der Waals surface area contributed by atoms with Gasteiger partial charge < -0.3 is 4.57 Å². The Morgan fingerprint density at radius 1 is 0.288 bits per heavy atom. The van der Waals surface area contributed by atoms with Gasteiger partial charge >= 0.3 is 0 Å². The highest BCUT2D eigenvalue weighted by Gasteiger charge is 2.20. The van der Waals surface area contributed by atoms with Crippen molar-refractivity contribution in [2.45, 2.75) is 0 Å². The van der Waals surface area contributed by atoms with Gasteiger partial charge in [0, 0.05) is 53.2 Å². The maximum absolute atomic E-state index is 5.34. The number of hydrogen-bond acceptors (Lipinski definition) is 4. The molecule has 5 heteroatoms. The lowest BCUT2D eigenvalue weighted by Gasteiger charge is -2.16. The van der Waals surface area contributed by atoms with E-state index >= 15 is 0 Å². The van der Waals surface area contributed by atoms with Crippen molar-refractivity contribution < 1.29 is 0 Å². The molecule has 0 saturated heterocycles. The summed E-state index contributed by atoms with van der Waals surface area (Å²) in [4.78, 5) is 15.9. The van der Waals surface area contributed by atoms with Gasteiger partial charge in [-0.1, -0.05) is 188 Å². The summed E-state index contributed by atoms with van der Waals surface area (Å²) in [5.41, 5.74) is 12.9. The number of aromatic nitrogens is 4. The summed E-state index contributed by atoms with van der Waals surface area (Å²) in [6.45, 7) is 0. The van der Waals surface area contributed by atoms with Gasteiger partial charge in [0.25, 0.3) is 0 Å². The van der Waals surface area contributed by atoms with Crippen molar-refractivity contribution in [1.82, 2.24) is 19.5 Å². The first kappa shape index (κ1) is 38.0. The molecule has 3 heterocycles. The van der Waals surface area contributed by atoms with Crippen molar-refractivity contribution in [3.05, 3.63) is 231 Å². The molecule has 0 fully saturated rings. The van der Waals surface area contributed by atoms with E-state index < -0.39 is 0 Å². The molecule has 0 saturated carbocycles. The second-order valence-corrected chi connectivity index (χ2v) is 17.9. The molecule has 0 amide bonds. The van der Waals surface area contributed by atoms with Gasteiger partial charge in [-0.3, -0.25) is 0 Å². The zero-order chi connectivity index (χ0) is 43.6. The van der Waals surface area contributed by atoms with Crippen molar-refractivity contribution in [2.24, 2.45) is 0 Å². The Hall–Kier alpha value is -8.51. The van der Waals surface area contributed by atoms with Crippen LogP contribution in [0.5, 0.6) is 0 Å². The minimum Gasteiger partial charge on any atom is -0.309 e. The molecule has 4 nitrogen and oxygen atoms in total. The molecule has 10 aromatic carbocycles. The van der Waals surface area contributed by atoms with Crippen molar-refractivity contribution in [3.63, 3.8) is 0 Å². The Balaban J connectivity index is 0.995. The highest BCUT2D eigenvalue weighted by molar-refractivity contribution is 7.25. The standard InChI is InChI=1S/C61H38N4S/c1-2-14-40(15-3-1)49-34-32-46(38-56(49)65-54-25-9-6-21-50(54)51-22-7-10-26-55(51)65)61-63-59(42-30-28-41(29-31-42)48-24-13-17-39-16-4-5-20-47(39)48)62-60(64-61)45-19-12-18-43(36-45)44-33-35-58-53(37-44)52-23-8-11-27-57(52)66-58/h1-38H. The second kappa shape index (κ2) is 15.6. The number of para-hydroxylation sites is 2. The van der Waals surface area contributed by atoms with Crippen LogP contribution >= 0.6 is 11.3 Å². The number of thiophene rings is 1. The predicted molar refractivity (Wildman–Crippen MR) is 277 cm³/mol. The van der Waals surface area contributed by atoms with Crippen LogP contribution in [0.15, 0.2) is 231 Å². The van der Waals surface area contributed by atoms with Crippen molar-refractivity contribution >= 4 is 64.1 Å². The summed E-state index contributed by atoms with van der Waals surface area (Å²) in [6.07, 6.45) is 0. The number of benzene rings is 10. The Kier molecular flexibility index (Phi) is 9.00. The van der Waals surface area contributed by atoms with E-state index in [0.717, 1.165) is 61.2 Å². The highest BCUT2D eigenvalue weighted by Crippen LogP contribution is 2.40. The first-order valence-corrected chi connectivity index (χ1v) is 23.1. The number of hydrogen-bond donors (Lipinski definition) is 0. The third-order valence-corrected chi connectivity index (χ3v) is 14.0. The molecule has 0 aliphatic heterocycles. The predicted octanol–water partition coefficient (Wildman–Crippen LogP) is 16.5. The SMILES string of the molecule is c1ccc(-c2ccc(-c3nc(-c4ccc(-c5cccc6ccccc56)cc4)nc(-c4cccc(-c5ccc6sc7ccccc7c6c5)c4)n3)cc2-n2c3ccccc3c3ccccc32)cc1. The van der Waals surface area contributed by atoms with E-state index in [1.807, 2.05) is 11.3 Å². The average Bonchev–Trinajstić information content (AvgIpc) is 3.94. The molecule has 13 aromatic rings. The number of rotatable bonds is 7. The van der Waals surface area contributed by atoms with E-state index in [1.165, 1.54) is 47.3 Å². The van der Waals surface area contributed by atoms with E-state index in [-0.39, 0.29) is 0 Å². The van der Waals surface area contributed by atoms with E-state index in [1.54, 1.807) is 0 Å². The summed E-state index contributed by atoms with van der Waals surface area (Å²) in [7, 11) is 0. The van der Waals surface area contributed by atoms with Crippen molar-refractivity contribution in [3.8, 4) is 73.2 Å². The third-order valence-electron chi connectivity index (χ3n) is 12.9. The molecule has 0 atom stereocenters. The van der Waals surface area contributed by atoms with Crippen molar-refractivity contribution in [2.75, 3.05) is 0 Å². The van der Waals surface area contributed by atoms with Gasteiger partial charge in [0.2, 0.25) is 0 Å².